The number of hydrogen-bond donors (Lipinski definition) is 5. The molecule has 0 aliphatic rings. The van der Waals surface area contributed by atoms with Gasteiger partial charge < -0.3 is 25.5 Å². The van der Waals surface area contributed by atoms with E-state index in [4.69, 9.17) is 42.4 Å². The summed E-state index contributed by atoms with van der Waals surface area (Å²) < 4.78 is 39.3. The third-order valence-corrected chi connectivity index (χ3v) is 15.8. The number of benzene rings is 9. The Bertz CT molecular complexity index is 5560. The van der Waals surface area contributed by atoms with Gasteiger partial charge in [0.15, 0.2) is 0 Å². The number of carboxylic acid groups (broad SMARTS) is 3. The predicted octanol–water partition coefficient (Wildman–Crippen LogP) is 18.4. The second-order valence-electron chi connectivity index (χ2n) is 24.2. The number of pyridine rings is 3. The van der Waals surface area contributed by atoms with Crippen molar-refractivity contribution in [1.29, 1.82) is 5.26 Å². The molecule has 0 saturated heterocycles. The minimum atomic E-state index is -0.990. The zero-order valence-electron chi connectivity index (χ0n) is 62.4. The molecular weight excluding hydrogens is 2230 g/mol. The summed E-state index contributed by atoms with van der Waals surface area (Å²) >= 11 is 5.87. The molecule has 7 heterocycles. The molecule has 16 aromatic rings. The van der Waals surface area contributed by atoms with Crippen LogP contribution >= 0.6 is 11.6 Å². The minimum Gasteiger partial charge on any atom is -0.477 e. The zero-order valence-corrected chi connectivity index (χ0v) is 72.6. The molecule has 0 amide bonds. The molecular formula is C89H68ClF3Ir3N12O8Pt-4. The summed E-state index contributed by atoms with van der Waals surface area (Å²) in [5, 5.41) is 51.6. The third kappa shape index (κ3) is 29.5. The molecule has 9 aromatic carbocycles. The van der Waals surface area contributed by atoms with Crippen LogP contribution in [-0.2, 0) is 81.4 Å². The number of rotatable bonds is 10. The number of hydrogen-bond acceptors (Lipinski definition) is 17. The van der Waals surface area contributed by atoms with E-state index in [-0.39, 0.29) is 128 Å². The molecule has 20 nitrogen and oxygen atoms in total. The number of nitrogens with zero attached hydrogens (tertiary/aromatic N) is 12. The van der Waals surface area contributed by atoms with Gasteiger partial charge in [-0.3, -0.25) is 48.7 Å². The van der Waals surface area contributed by atoms with Gasteiger partial charge in [-0.15, -0.1) is 131 Å². The molecule has 0 saturated carbocycles. The van der Waals surface area contributed by atoms with Crippen LogP contribution in [0.15, 0.2) is 267 Å². The van der Waals surface area contributed by atoms with Gasteiger partial charge in [-0.05, 0) is 154 Å². The Morgan fingerprint density at radius 1 is 0.376 bits per heavy atom. The maximum Gasteiger partial charge on any atom is 0.354 e. The first-order valence-corrected chi connectivity index (χ1v) is 34.9. The van der Waals surface area contributed by atoms with Crippen molar-refractivity contribution in [3.05, 3.63) is 354 Å². The first kappa shape index (κ1) is 95.9. The van der Waals surface area contributed by atoms with Crippen LogP contribution in [0.25, 0.3) is 100 Å². The van der Waals surface area contributed by atoms with Gasteiger partial charge in [0.05, 0.1) is 62.0 Å². The van der Waals surface area contributed by atoms with E-state index in [2.05, 4.69) is 85.2 Å². The molecule has 3 radical (unpaired) electrons. The Labute approximate surface area is 731 Å². The van der Waals surface area contributed by atoms with Crippen molar-refractivity contribution in [2.75, 3.05) is 0 Å². The average Bonchev–Trinajstić information content (AvgIpc) is 0.791. The van der Waals surface area contributed by atoms with Gasteiger partial charge in [0.2, 0.25) is 0 Å². The summed E-state index contributed by atoms with van der Waals surface area (Å²) in [6.45, 7) is 9.10. The molecule has 0 aliphatic heterocycles. The van der Waals surface area contributed by atoms with Crippen molar-refractivity contribution in [1.82, 2.24) is 54.8 Å². The van der Waals surface area contributed by atoms with Gasteiger partial charge in [0.1, 0.15) is 22.9 Å². The number of para-hydroxylation sites is 8. The number of fused-ring (bicyclic) bond motifs is 4. The van der Waals surface area contributed by atoms with Crippen molar-refractivity contribution in [3.63, 3.8) is 0 Å². The number of carboxylic acids is 3. The molecule has 5 N–H and O–H groups in total. The molecule has 117 heavy (non-hydrogen) atoms. The van der Waals surface area contributed by atoms with Crippen LogP contribution in [0, 0.1) is 73.8 Å². The van der Waals surface area contributed by atoms with E-state index in [1.54, 1.807) is 92.7 Å². The van der Waals surface area contributed by atoms with Gasteiger partial charge in [0, 0.05) is 158 Å². The molecule has 16 rings (SSSR count). The fourth-order valence-electron chi connectivity index (χ4n) is 10.3. The number of aliphatic hydroxyl groups excluding tert-OH is 2. The third-order valence-electron chi connectivity index (χ3n) is 15.5. The fourth-order valence-corrected chi connectivity index (χ4v) is 10.4. The van der Waals surface area contributed by atoms with Crippen LogP contribution < -0.4 is 0 Å². The van der Waals surface area contributed by atoms with Gasteiger partial charge >= 0.3 is 17.9 Å². The summed E-state index contributed by atoms with van der Waals surface area (Å²) in [6.07, 6.45) is 4.07. The second kappa shape index (κ2) is 48.6. The first-order chi connectivity index (χ1) is 54.5. The van der Waals surface area contributed by atoms with E-state index in [0.29, 0.717) is 34.0 Å². The largest absolute Gasteiger partial charge is 0.477 e. The van der Waals surface area contributed by atoms with E-state index in [9.17, 15) is 27.6 Å². The van der Waals surface area contributed by atoms with E-state index in [0.717, 1.165) is 101 Å². The zero-order chi connectivity index (χ0) is 80.8. The molecule has 2 atom stereocenters. The Hall–Kier alpha value is -11.7. The summed E-state index contributed by atoms with van der Waals surface area (Å²) in [7, 11) is 0. The Balaban J connectivity index is 0.000000245. The van der Waals surface area contributed by atoms with Crippen LogP contribution in [-0.4, -0.2) is 110 Å². The Morgan fingerprint density at radius 2 is 0.658 bits per heavy atom. The fraction of sp³-hybridized carbons (Fsp3) is 0.0899. The van der Waals surface area contributed by atoms with Crippen LogP contribution in [0.2, 0.25) is 5.02 Å². The summed E-state index contributed by atoms with van der Waals surface area (Å²) in [6, 6.07) is 84.6. The Morgan fingerprint density at radius 3 is 0.915 bits per heavy atom. The number of aryl methyl sites for hydroxylation is 3. The van der Waals surface area contributed by atoms with E-state index in [1.165, 1.54) is 73.2 Å². The molecule has 0 bridgehead atoms. The van der Waals surface area contributed by atoms with Crippen LogP contribution in [0.4, 0.5) is 13.2 Å². The van der Waals surface area contributed by atoms with Crippen LogP contribution in [0.1, 0.15) is 74.4 Å². The predicted molar refractivity (Wildman–Crippen MR) is 426 cm³/mol. The number of carbonyl (C=O) groups is 3. The van der Waals surface area contributed by atoms with Crippen LogP contribution in [0.5, 0.6) is 0 Å². The number of nitriles is 1. The van der Waals surface area contributed by atoms with Gasteiger partial charge in [-0.25, -0.2) is 39.0 Å². The molecule has 0 spiro atoms. The van der Waals surface area contributed by atoms with Crippen molar-refractivity contribution in [2.24, 2.45) is 0 Å². The van der Waals surface area contributed by atoms with Crippen molar-refractivity contribution < 1.29 is 134 Å². The maximum absolute atomic E-state index is 13.2. The monoisotopic (exact) mass is 2300 g/mol. The number of aromatic carboxylic acids is 3. The van der Waals surface area contributed by atoms with Crippen molar-refractivity contribution in [2.45, 2.75) is 53.2 Å². The molecule has 0 fully saturated rings. The van der Waals surface area contributed by atoms with Crippen LogP contribution in [0.3, 0.4) is 0 Å². The summed E-state index contributed by atoms with van der Waals surface area (Å²) in [5.41, 5.74) is 17.6. The maximum atomic E-state index is 13.2. The minimum absolute atomic E-state index is 0. The quantitative estimate of drug-likeness (QED) is 0.0794. The average molecular weight is 2300 g/mol. The van der Waals surface area contributed by atoms with E-state index >= 15 is 0 Å². The molecule has 601 valence electrons. The van der Waals surface area contributed by atoms with Gasteiger partial charge in [-0.1, -0.05) is 78.9 Å². The normalized spacial score (nSPS) is 10.4. The number of halogens is 4. The number of aromatic nitrogens is 11. The van der Waals surface area contributed by atoms with Gasteiger partial charge in [-0.2, -0.15) is 0 Å². The first-order valence-electron chi connectivity index (χ1n) is 34.5. The van der Waals surface area contributed by atoms with E-state index < -0.39 is 17.9 Å². The standard InChI is InChI=1S/C20H11F2N2.C16H10N3.C15H10ClN2.C15H10FN2.3C6H5NO2.C5H12O2.3Ir.Pt/c21-15-9-5-13(6-10-15)19-20(14-7-11-16(22)12-8-14)24-18-4-2-1-3-17(18)23-19;1-11-16(13-8-6-12(10-17)7-9-13)19-15-5-3-2-4-14(15)18-11;2*1-10-15(11-6-8-12(16)9-7-11)18-14-5-3-2-4-13(14)17-10;3*8-6(9)5-3-1-2-4-7-5;1-4(6)3-5(2)7;;;;/h1-7,9-12H;2-8H,1H3;2*2-6,8-9H,1H3;3*1-4H,(H,8,9);4-7H,3H2,1-2H3;;;;/q4*-1;;;;;;;;. The van der Waals surface area contributed by atoms with Crippen molar-refractivity contribution >= 4 is 73.6 Å². The second-order valence-corrected chi connectivity index (χ2v) is 24.7. The summed E-state index contributed by atoms with van der Waals surface area (Å²) in [5.74, 6) is -3.95. The SMILES string of the molecule is CC(O)CC(C)O.Cc1nc2ccccc2nc1-c1[c-]cc(C#N)cc1.Cc1nc2ccccc2nc1-c1[c-]cc(Cl)cc1.Cc1nc2ccccc2nc1-c1[c-]cc(F)cc1.Fc1c[c-]c(-c2nc3ccccc3nc2-c2ccc(F)cc2)cc1.O=C(O)c1ccccn1.O=C(O)c1ccccn1.O=C(O)c1ccccn1.[Ir].[Ir].[Ir].[Pt]. The van der Waals surface area contributed by atoms with Crippen molar-refractivity contribution in [3.8, 4) is 62.4 Å². The molecule has 0 aliphatic carbocycles. The molecule has 2 unspecified atom stereocenters. The molecule has 28 heteroatoms. The Kier molecular flexibility index (Phi) is 39.9. The number of aliphatic hydroxyl groups is 2. The smallest absolute Gasteiger partial charge is 0.354 e. The van der Waals surface area contributed by atoms with E-state index in [1.807, 2.05) is 136 Å². The summed E-state index contributed by atoms with van der Waals surface area (Å²) in [4.78, 5) is 77.9. The molecule has 7 aromatic heterocycles. The van der Waals surface area contributed by atoms with Gasteiger partial charge in [0.25, 0.3) is 0 Å². The topological polar surface area (TPSA) is 318 Å².